The second kappa shape index (κ2) is 0.576. The summed E-state index contributed by atoms with van der Waals surface area (Å²) in [5, 5.41) is 3.51. The van der Waals surface area contributed by atoms with E-state index in [9.17, 15) is 0 Å². The summed E-state index contributed by atoms with van der Waals surface area (Å²) >= 11 is 0. The highest BCUT2D eigenvalue weighted by Gasteiger charge is 2.72. The van der Waals surface area contributed by atoms with Gasteiger partial charge in [0.05, 0.1) is 0 Å². The van der Waals surface area contributed by atoms with Crippen molar-refractivity contribution in [2.24, 2.45) is 5.41 Å². The molecule has 1 heterocycles. The minimum atomic E-state index is 0.917. The monoisotopic (exact) mass is 95.1 g/mol. The Labute approximate surface area is 43.1 Å². The van der Waals surface area contributed by atoms with Crippen LogP contribution < -0.4 is 5.32 Å². The van der Waals surface area contributed by atoms with Crippen LogP contribution in [0.2, 0.25) is 0 Å². The first kappa shape index (κ1) is 3.08. The summed E-state index contributed by atoms with van der Waals surface area (Å²) in [5.41, 5.74) is 0.917. The van der Waals surface area contributed by atoms with E-state index in [0.29, 0.717) is 0 Å². The lowest BCUT2D eigenvalue weighted by molar-refractivity contribution is 0.0934. The summed E-state index contributed by atoms with van der Waals surface area (Å²) in [4.78, 5) is 0. The summed E-state index contributed by atoms with van der Waals surface area (Å²) in [6, 6.07) is 1.98. The van der Waals surface area contributed by atoms with Crippen molar-refractivity contribution in [1.82, 2.24) is 5.32 Å². The maximum atomic E-state index is 3.51. The largest absolute Gasteiger partial charge is 0.310 e. The molecule has 3 unspecified atom stereocenters. The third-order valence-electron chi connectivity index (χ3n) is 3.11. The lowest BCUT2D eigenvalue weighted by Gasteiger charge is -2.47. The van der Waals surface area contributed by atoms with Gasteiger partial charge in [0.1, 0.15) is 0 Å². The normalized spacial score (nSPS) is 72.0. The first-order chi connectivity index (χ1) is 3.42. The second-order valence-corrected chi connectivity index (χ2v) is 3.25. The Balaban J connectivity index is 2.06. The summed E-state index contributed by atoms with van der Waals surface area (Å²) in [6.07, 6.45) is 4.52. The number of rotatable bonds is 0. The van der Waals surface area contributed by atoms with Gasteiger partial charge in [0.15, 0.2) is 0 Å². The van der Waals surface area contributed by atoms with E-state index in [1.807, 2.05) is 0 Å². The van der Waals surface area contributed by atoms with E-state index in [2.05, 4.69) is 5.32 Å². The van der Waals surface area contributed by atoms with E-state index < -0.39 is 0 Å². The van der Waals surface area contributed by atoms with Crippen LogP contribution in [0, 0.1) is 5.41 Å². The SMILES string of the molecule is C1CC23CC2NC13. The number of piperidine rings is 1. The Morgan fingerprint density at radius 2 is 2.43 bits per heavy atom. The first-order valence-electron chi connectivity index (χ1n) is 3.18. The predicted molar refractivity (Wildman–Crippen MR) is 27.0 cm³/mol. The molecular weight excluding hydrogens is 86.1 g/mol. The molecule has 0 bridgehead atoms. The number of hydrogen-bond donors (Lipinski definition) is 1. The van der Waals surface area contributed by atoms with Crippen LogP contribution in [0.3, 0.4) is 0 Å². The minimum absolute atomic E-state index is 0.917. The molecule has 7 heavy (non-hydrogen) atoms. The molecule has 0 aromatic carbocycles. The Kier molecular flexibility index (Phi) is 0.253. The molecule has 1 nitrogen and oxygen atoms in total. The quantitative estimate of drug-likeness (QED) is 0.462. The molecule has 0 aromatic rings. The van der Waals surface area contributed by atoms with Crippen LogP contribution in [-0.2, 0) is 0 Å². The van der Waals surface area contributed by atoms with E-state index in [1.165, 1.54) is 19.3 Å². The lowest BCUT2D eigenvalue weighted by Crippen LogP contribution is -2.59. The number of hydrogen-bond acceptors (Lipinski definition) is 1. The zero-order valence-corrected chi connectivity index (χ0v) is 4.28. The second-order valence-electron chi connectivity index (χ2n) is 3.25. The molecule has 38 valence electrons. The van der Waals surface area contributed by atoms with Gasteiger partial charge >= 0.3 is 0 Å². The molecule has 2 aliphatic carbocycles. The third-order valence-corrected chi connectivity index (χ3v) is 3.11. The Morgan fingerprint density at radius 1 is 1.43 bits per heavy atom. The Morgan fingerprint density at radius 3 is 2.43 bits per heavy atom. The summed E-state index contributed by atoms with van der Waals surface area (Å²) < 4.78 is 0. The average molecular weight is 95.1 g/mol. The zero-order chi connectivity index (χ0) is 4.48. The predicted octanol–water partition coefficient (Wildman–Crippen LogP) is 0.511. The van der Waals surface area contributed by atoms with Crippen molar-refractivity contribution < 1.29 is 0 Å². The fourth-order valence-electron chi connectivity index (χ4n) is 2.26. The molecule has 0 aromatic heterocycles. The molecule has 1 N–H and O–H groups in total. The fourth-order valence-corrected chi connectivity index (χ4v) is 2.26. The Bertz CT molecular complexity index is 126. The van der Waals surface area contributed by atoms with Crippen LogP contribution in [0.5, 0.6) is 0 Å². The molecule has 3 atom stereocenters. The van der Waals surface area contributed by atoms with Crippen molar-refractivity contribution in [2.75, 3.05) is 0 Å². The molecule has 1 spiro atoms. The van der Waals surface area contributed by atoms with Gasteiger partial charge in [0, 0.05) is 17.5 Å². The maximum Gasteiger partial charge on any atom is 0.0148 e. The average Bonchev–Trinajstić information content (AvgIpc) is 2.32. The fraction of sp³-hybridized carbons (Fsp3) is 1.00. The van der Waals surface area contributed by atoms with Crippen molar-refractivity contribution in [2.45, 2.75) is 31.3 Å². The molecule has 3 aliphatic rings. The van der Waals surface area contributed by atoms with Crippen molar-refractivity contribution >= 4 is 0 Å². The number of nitrogens with one attached hydrogen (secondary N) is 1. The molecule has 3 fully saturated rings. The van der Waals surface area contributed by atoms with Crippen LogP contribution in [0.4, 0.5) is 0 Å². The van der Waals surface area contributed by atoms with E-state index in [4.69, 9.17) is 0 Å². The molecule has 2 saturated carbocycles. The van der Waals surface area contributed by atoms with Gasteiger partial charge in [-0.3, -0.25) is 0 Å². The van der Waals surface area contributed by atoms with E-state index in [-0.39, 0.29) is 0 Å². The molecule has 0 radical (unpaired) electrons. The van der Waals surface area contributed by atoms with Crippen molar-refractivity contribution in [3.05, 3.63) is 0 Å². The molecule has 0 amide bonds. The highest BCUT2D eigenvalue weighted by molar-refractivity contribution is 5.28. The van der Waals surface area contributed by atoms with E-state index >= 15 is 0 Å². The van der Waals surface area contributed by atoms with Crippen LogP contribution >= 0.6 is 0 Å². The van der Waals surface area contributed by atoms with Crippen LogP contribution in [0.25, 0.3) is 0 Å². The van der Waals surface area contributed by atoms with E-state index in [1.54, 1.807) is 0 Å². The topological polar surface area (TPSA) is 12.0 Å². The zero-order valence-electron chi connectivity index (χ0n) is 4.28. The van der Waals surface area contributed by atoms with Gasteiger partial charge in [-0.05, 0) is 19.3 Å². The van der Waals surface area contributed by atoms with Crippen LogP contribution in [0.1, 0.15) is 19.3 Å². The van der Waals surface area contributed by atoms with Gasteiger partial charge in [0.25, 0.3) is 0 Å². The summed E-state index contributed by atoms with van der Waals surface area (Å²) in [7, 11) is 0. The third kappa shape index (κ3) is 0.150. The van der Waals surface area contributed by atoms with Gasteiger partial charge in [-0.2, -0.15) is 0 Å². The highest BCUT2D eigenvalue weighted by Crippen LogP contribution is 2.67. The maximum absolute atomic E-state index is 3.51. The molecule has 1 saturated heterocycles. The van der Waals surface area contributed by atoms with Crippen molar-refractivity contribution in [3.8, 4) is 0 Å². The van der Waals surface area contributed by atoms with Gasteiger partial charge in [-0.1, -0.05) is 0 Å². The van der Waals surface area contributed by atoms with Gasteiger partial charge in [-0.25, -0.2) is 0 Å². The lowest BCUT2D eigenvalue weighted by atomic mass is 9.71. The molecule has 1 heteroatoms. The smallest absolute Gasteiger partial charge is 0.0148 e. The summed E-state index contributed by atoms with van der Waals surface area (Å²) in [6.45, 7) is 0. The molecule has 1 aliphatic heterocycles. The van der Waals surface area contributed by atoms with Crippen LogP contribution in [0.15, 0.2) is 0 Å². The molecular formula is C6H9N. The van der Waals surface area contributed by atoms with E-state index in [0.717, 1.165) is 17.5 Å². The first-order valence-corrected chi connectivity index (χ1v) is 3.18. The van der Waals surface area contributed by atoms with Gasteiger partial charge < -0.3 is 5.32 Å². The van der Waals surface area contributed by atoms with Crippen LogP contribution in [-0.4, -0.2) is 12.1 Å². The van der Waals surface area contributed by atoms with Gasteiger partial charge in [-0.15, -0.1) is 0 Å². The van der Waals surface area contributed by atoms with Crippen molar-refractivity contribution in [1.29, 1.82) is 0 Å². The molecule has 3 rings (SSSR count). The van der Waals surface area contributed by atoms with Gasteiger partial charge in [0.2, 0.25) is 0 Å². The Hall–Kier alpha value is -0.0400. The van der Waals surface area contributed by atoms with Crippen molar-refractivity contribution in [3.63, 3.8) is 0 Å². The minimum Gasteiger partial charge on any atom is -0.310 e. The standard InChI is InChI=1S/C6H9N/c1-2-6-3-5(6)7-4(1)6/h4-5,7H,1-3H2. The highest BCUT2D eigenvalue weighted by atomic mass is 15.2. The summed E-state index contributed by atoms with van der Waals surface area (Å²) in [5.74, 6) is 0.